The van der Waals surface area contributed by atoms with Crippen molar-refractivity contribution < 1.29 is 4.74 Å². The minimum Gasteiger partial charge on any atom is -0.384 e. The van der Waals surface area contributed by atoms with E-state index in [0.717, 1.165) is 23.4 Å². The van der Waals surface area contributed by atoms with E-state index in [1.54, 1.807) is 7.11 Å². The lowest BCUT2D eigenvalue weighted by Crippen LogP contribution is -2.36. The number of nitrogens with one attached hydrogen (secondary N) is 1. The number of methoxy groups -OCH3 is 1. The summed E-state index contributed by atoms with van der Waals surface area (Å²) in [5.41, 5.74) is 8.64. The molecule has 0 atom stereocenters. The number of amidine groups is 1. The molecule has 0 fully saturated rings. The summed E-state index contributed by atoms with van der Waals surface area (Å²) in [7, 11) is 1.70. The molecule has 3 N–H and O–H groups in total. The lowest BCUT2D eigenvalue weighted by Gasteiger charge is -2.32. The average Bonchev–Trinajstić information content (AvgIpc) is 2.30. The standard InChI is InChI=1S/C14H23N3O/c1-10(2)17(8-9-18-4)13-11(3)6-5-7-12(13)14(15)16/h5-7,10H,8-9H2,1-4H3,(H3,15,16). The van der Waals surface area contributed by atoms with Gasteiger partial charge in [0.2, 0.25) is 0 Å². The fourth-order valence-electron chi connectivity index (χ4n) is 2.08. The van der Waals surface area contributed by atoms with Crippen LogP contribution in [0.5, 0.6) is 0 Å². The summed E-state index contributed by atoms with van der Waals surface area (Å²) in [5, 5.41) is 7.70. The first-order valence-electron chi connectivity index (χ1n) is 6.18. The highest BCUT2D eigenvalue weighted by Crippen LogP contribution is 2.26. The summed E-state index contributed by atoms with van der Waals surface area (Å²) in [4.78, 5) is 2.23. The number of anilines is 1. The summed E-state index contributed by atoms with van der Waals surface area (Å²) in [6.07, 6.45) is 0. The third kappa shape index (κ3) is 3.23. The number of hydrogen-bond donors (Lipinski definition) is 2. The van der Waals surface area contributed by atoms with Gasteiger partial charge in [-0.1, -0.05) is 12.1 Å². The van der Waals surface area contributed by atoms with Crippen molar-refractivity contribution in [3.8, 4) is 0 Å². The van der Waals surface area contributed by atoms with E-state index in [1.807, 2.05) is 25.1 Å². The molecule has 1 aromatic rings. The maximum absolute atomic E-state index is 7.70. The van der Waals surface area contributed by atoms with Gasteiger partial charge in [-0.2, -0.15) is 0 Å². The number of nitrogen functional groups attached to an aromatic ring is 1. The van der Waals surface area contributed by atoms with Gasteiger partial charge >= 0.3 is 0 Å². The van der Waals surface area contributed by atoms with Crippen LogP contribution in [0.1, 0.15) is 25.0 Å². The second kappa shape index (κ2) is 6.40. The number of nitrogens with zero attached hydrogens (tertiary/aromatic N) is 1. The predicted octanol–water partition coefficient (Wildman–Crippen LogP) is 2.14. The minimum absolute atomic E-state index is 0.108. The zero-order chi connectivity index (χ0) is 13.7. The molecular formula is C14H23N3O. The second-order valence-electron chi connectivity index (χ2n) is 4.66. The topological polar surface area (TPSA) is 62.3 Å². The first-order chi connectivity index (χ1) is 8.49. The highest BCUT2D eigenvalue weighted by molar-refractivity contribution is 6.01. The van der Waals surface area contributed by atoms with E-state index in [0.29, 0.717) is 12.6 Å². The number of benzene rings is 1. The highest BCUT2D eigenvalue weighted by atomic mass is 16.5. The molecule has 0 aromatic heterocycles. The number of aryl methyl sites for hydroxylation is 1. The monoisotopic (exact) mass is 249 g/mol. The first kappa shape index (κ1) is 14.5. The molecular weight excluding hydrogens is 226 g/mol. The van der Waals surface area contributed by atoms with Crippen LogP contribution in [0, 0.1) is 12.3 Å². The van der Waals surface area contributed by atoms with Crippen LogP contribution in [0.3, 0.4) is 0 Å². The van der Waals surface area contributed by atoms with Gasteiger partial charge < -0.3 is 15.4 Å². The molecule has 1 rings (SSSR count). The summed E-state index contributed by atoms with van der Waals surface area (Å²) < 4.78 is 5.16. The van der Waals surface area contributed by atoms with Gasteiger partial charge in [0.05, 0.1) is 12.3 Å². The van der Waals surface area contributed by atoms with Crippen molar-refractivity contribution >= 4 is 11.5 Å². The van der Waals surface area contributed by atoms with Crippen molar-refractivity contribution in [3.05, 3.63) is 29.3 Å². The van der Waals surface area contributed by atoms with Gasteiger partial charge in [-0.05, 0) is 32.4 Å². The number of nitrogens with two attached hydrogens (primary N) is 1. The van der Waals surface area contributed by atoms with Crippen molar-refractivity contribution in [3.63, 3.8) is 0 Å². The maximum Gasteiger partial charge on any atom is 0.124 e. The molecule has 18 heavy (non-hydrogen) atoms. The van der Waals surface area contributed by atoms with Gasteiger partial charge in [-0.15, -0.1) is 0 Å². The number of para-hydroxylation sites is 1. The highest BCUT2D eigenvalue weighted by Gasteiger charge is 2.17. The van der Waals surface area contributed by atoms with E-state index in [4.69, 9.17) is 15.9 Å². The van der Waals surface area contributed by atoms with Crippen molar-refractivity contribution in [2.45, 2.75) is 26.8 Å². The second-order valence-corrected chi connectivity index (χ2v) is 4.66. The lowest BCUT2D eigenvalue weighted by molar-refractivity contribution is 0.204. The van der Waals surface area contributed by atoms with E-state index in [9.17, 15) is 0 Å². The Hall–Kier alpha value is -1.55. The molecule has 0 saturated heterocycles. The molecule has 1 aromatic carbocycles. The normalized spacial score (nSPS) is 10.7. The minimum atomic E-state index is 0.108. The molecule has 0 saturated carbocycles. The summed E-state index contributed by atoms with van der Waals surface area (Å²) in [6, 6.07) is 6.21. The van der Waals surface area contributed by atoms with E-state index >= 15 is 0 Å². The van der Waals surface area contributed by atoms with Crippen LogP contribution in [0.15, 0.2) is 18.2 Å². The molecule has 100 valence electrons. The van der Waals surface area contributed by atoms with Gasteiger partial charge in [0.25, 0.3) is 0 Å². The largest absolute Gasteiger partial charge is 0.384 e. The predicted molar refractivity (Wildman–Crippen MR) is 76.6 cm³/mol. The Morgan fingerprint density at radius 2 is 2.11 bits per heavy atom. The fraction of sp³-hybridized carbons (Fsp3) is 0.500. The molecule has 0 heterocycles. The summed E-state index contributed by atoms with van der Waals surface area (Å²) in [5.74, 6) is 0.108. The first-order valence-corrected chi connectivity index (χ1v) is 6.18. The van der Waals surface area contributed by atoms with Crippen LogP contribution in [0.2, 0.25) is 0 Å². The third-order valence-electron chi connectivity index (χ3n) is 2.97. The van der Waals surface area contributed by atoms with Crippen LogP contribution in [-0.4, -0.2) is 32.1 Å². The summed E-state index contributed by atoms with van der Waals surface area (Å²) in [6.45, 7) is 7.76. The SMILES string of the molecule is COCCN(c1c(C)cccc1C(=N)N)C(C)C. The molecule has 4 heteroatoms. The van der Waals surface area contributed by atoms with Crippen molar-refractivity contribution in [2.75, 3.05) is 25.2 Å². The van der Waals surface area contributed by atoms with Crippen LogP contribution in [-0.2, 0) is 4.74 Å². The molecule has 0 spiro atoms. The third-order valence-corrected chi connectivity index (χ3v) is 2.97. The molecule has 4 nitrogen and oxygen atoms in total. The van der Waals surface area contributed by atoms with E-state index < -0.39 is 0 Å². The lowest BCUT2D eigenvalue weighted by atomic mass is 10.0. The van der Waals surface area contributed by atoms with Gasteiger partial charge in [0.1, 0.15) is 5.84 Å². The molecule has 0 radical (unpaired) electrons. The van der Waals surface area contributed by atoms with Crippen LogP contribution < -0.4 is 10.6 Å². The number of hydrogen-bond acceptors (Lipinski definition) is 3. The van der Waals surface area contributed by atoms with E-state index in [2.05, 4.69) is 18.7 Å². The zero-order valence-corrected chi connectivity index (χ0v) is 11.7. The van der Waals surface area contributed by atoms with Crippen LogP contribution in [0.4, 0.5) is 5.69 Å². The Morgan fingerprint density at radius 1 is 1.44 bits per heavy atom. The van der Waals surface area contributed by atoms with Crippen LogP contribution in [0.25, 0.3) is 0 Å². The Morgan fingerprint density at radius 3 is 2.61 bits per heavy atom. The molecule has 0 bridgehead atoms. The Labute approximate surface area is 109 Å². The van der Waals surface area contributed by atoms with Crippen LogP contribution >= 0.6 is 0 Å². The van der Waals surface area contributed by atoms with Crippen molar-refractivity contribution in [2.24, 2.45) is 5.73 Å². The quantitative estimate of drug-likeness (QED) is 0.600. The van der Waals surface area contributed by atoms with E-state index in [-0.39, 0.29) is 5.84 Å². The Bertz CT molecular complexity index is 416. The molecule has 0 amide bonds. The molecule has 0 unspecified atom stereocenters. The molecule has 0 aliphatic rings. The van der Waals surface area contributed by atoms with Crippen molar-refractivity contribution in [1.82, 2.24) is 0 Å². The van der Waals surface area contributed by atoms with Gasteiger partial charge in [-0.3, -0.25) is 5.41 Å². The maximum atomic E-state index is 7.70. The number of ether oxygens (including phenoxy) is 1. The Balaban J connectivity index is 3.21. The zero-order valence-electron chi connectivity index (χ0n) is 11.7. The summed E-state index contributed by atoms with van der Waals surface area (Å²) >= 11 is 0. The van der Waals surface area contributed by atoms with Gasteiger partial charge in [0.15, 0.2) is 0 Å². The fourth-order valence-corrected chi connectivity index (χ4v) is 2.08. The van der Waals surface area contributed by atoms with Gasteiger partial charge in [0, 0.05) is 25.3 Å². The average molecular weight is 249 g/mol. The van der Waals surface area contributed by atoms with Gasteiger partial charge in [-0.25, -0.2) is 0 Å². The number of rotatable bonds is 6. The molecule has 0 aliphatic heterocycles. The smallest absolute Gasteiger partial charge is 0.124 e. The van der Waals surface area contributed by atoms with E-state index in [1.165, 1.54) is 0 Å². The van der Waals surface area contributed by atoms with Crippen molar-refractivity contribution in [1.29, 1.82) is 5.41 Å². The Kier molecular flexibility index (Phi) is 5.16. The molecule has 0 aliphatic carbocycles.